The first kappa shape index (κ1) is 31.1. The van der Waals surface area contributed by atoms with Crippen molar-refractivity contribution in [2.75, 3.05) is 44.2 Å². The van der Waals surface area contributed by atoms with Crippen LogP contribution in [-0.4, -0.2) is 92.4 Å². The summed E-state index contributed by atoms with van der Waals surface area (Å²) in [5.74, 6) is 1.58. The molecule has 4 aromatic rings. The number of fused-ring (bicyclic) bond motifs is 1. The van der Waals surface area contributed by atoms with E-state index in [1.807, 2.05) is 61.0 Å². The molecular weight excluding hydrogens is 616 g/mol. The van der Waals surface area contributed by atoms with Gasteiger partial charge in [0, 0.05) is 74.4 Å². The van der Waals surface area contributed by atoms with E-state index in [1.54, 1.807) is 17.2 Å². The fourth-order valence-electron chi connectivity index (χ4n) is 7.45. The third kappa shape index (κ3) is 5.92. The summed E-state index contributed by atoms with van der Waals surface area (Å²) < 4.78 is 7.40. The van der Waals surface area contributed by atoms with Gasteiger partial charge in [-0.3, -0.25) is 24.2 Å². The third-order valence-corrected chi connectivity index (χ3v) is 10.0. The molecule has 0 saturated carbocycles. The number of nitrogens with zero attached hydrogens (tertiary/aromatic N) is 8. The van der Waals surface area contributed by atoms with Crippen molar-refractivity contribution >= 4 is 28.8 Å². The molecule has 6 heterocycles. The van der Waals surface area contributed by atoms with Gasteiger partial charge in [-0.1, -0.05) is 36.4 Å². The van der Waals surface area contributed by atoms with Crippen molar-refractivity contribution in [2.45, 2.75) is 39.3 Å². The minimum Gasteiger partial charge on any atom is -0.475 e. The van der Waals surface area contributed by atoms with Gasteiger partial charge in [0.15, 0.2) is 5.82 Å². The molecule has 2 amide bonds. The Labute approximate surface area is 285 Å². The van der Waals surface area contributed by atoms with Crippen molar-refractivity contribution in [1.29, 1.82) is 0 Å². The highest BCUT2D eigenvalue weighted by molar-refractivity contribution is 6.16. The van der Waals surface area contributed by atoms with Gasteiger partial charge in [0.1, 0.15) is 6.33 Å². The number of ether oxygens (including phenoxy) is 1. The van der Waals surface area contributed by atoms with Gasteiger partial charge in [-0.15, -0.1) is 0 Å². The zero-order valence-electron chi connectivity index (χ0n) is 28.2. The lowest BCUT2D eigenvalue weighted by Gasteiger charge is -2.46. The number of anilines is 1. The van der Waals surface area contributed by atoms with Crippen molar-refractivity contribution in [2.24, 2.45) is 17.5 Å². The van der Waals surface area contributed by atoms with Crippen LogP contribution in [0.5, 0.6) is 5.88 Å². The summed E-state index contributed by atoms with van der Waals surface area (Å²) in [6, 6.07) is 18.4. The Bertz CT molecular complexity index is 1970. The quantitative estimate of drug-likeness (QED) is 0.277. The van der Waals surface area contributed by atoms with Gasteiger partial charge in [0.2, 0.25) is 17.7 Å². The first-order valence-electron chi connectivity index (χ1n) is 17.0. The molecule has 250 valence electrons. The van der Waals surface area contributed by atoms with Crippen LogP contribution in [0.25, 0.3) is 17.0 Å². The van der Waals surface area contributed by atoms with E-state index in [0.717, 1.165) is 52.1 Å². The maximum Gasteiger partial charge on any atom is 0.237 e. The Morgan fingerprint density at radius 3 is 2.47 bits per heavy atom. The molecular formula is C38H40N8O3. The molecule has 49 heavy (non-hydrogen) atoms. The molecule has 0 N–H and O–H groups in total. The smallest absolute Gasteiger partial charge is 0.237 e. The maximum absolute atomic E-state index is 13.8. The molecule has 4 aliphatic heterocycles. The first-order valence-corrected chi connectivity index (χ1v) is 17.0. The molecule has 0 unspecified atom stereocenters. The largest absolute Gasteiger partial charge is 0.475 e. The predicted molar refractivity (Wildman–Crippen MR) is 187 cm³/mol. The van der Waals surface area contributed by atoms with E-state index in [9.17, 15) is 9.59 Å². The minimum absolute atomic E-state index is 0.0585. The Balaban J connectivity index is 0.857. The number of aliphatic imine (C=N–C) groups is 1. The van der Waals surface area contributed by atoms with Crippen molar-refractivity contribution in [3.63, 3.8) is 0 Å². The summed E-state index contributed by atoms with van der Waals surface area (Å²) in [5.41, 5.74) is 7.90. The van der Waals surface area contributed by atoms with E-state index in [4.69, 9.17) is 9.73 Å². The number of hydrogen-bond donors (Lipinski definition) is 0. The SMILES string of the molecule is CC(C)Oc1ccc(C2=NCc3ccc(N4CCC5(CN(CC(=O)N6CC=C(c7ccc(-c8ncn(C)n8)cc7)CC6)C5)C4=O)cc32)cn1. The molecule has 2 aromatic carbocycles. The molecule has 2 aromatic heterocycles. The van der Waals surface area contributed by atoms with Crippen LogP contribution in [0.3, 0.4) is 0 Å². The van der Waals surface area contributed by atoms with Crippen molar-refractivity contribution in [3.8, 4) is 17.3 Å². The van der Waals surface area contributed by atoms with Crippen LogP contribution in [0, 0.1) is 5.41 Å². The first-order chi connectivity index (χ1) is 23.7. The second-order valence-corrected chi connectivity index (χ2v) is 13.8. The lowest BCUT2D eigenvalue weighted by Crippen LogP contribution is -2.61. The molecule has 4 aliphatic rings. The second kappa shape index (κ2) is 12.4. The Hall–Kier alpha value is -5.16. The van der Waals surface area contributed by atoms with Gasteiger partial charge in [-0.2, -0.15) is 5.10 Å². The zero-order valence-corrected chi connectivity index (χ0v) is 28.2. The normalized spacial score (nSPS) is 18.5. The molecule has 2 saturated heterocycles. The van der Waals surface area contributed by atoms with E-state index in [1.165, 1.54) is 5.57 Å². The van der Waals surface area contributed by atoms with E-state index in [0.29, 0.717) is 57.5 Å². The van der Waals surface area contributed by atoms with E-state index >= 15 is 0 Å². The van der Waals surface area contributed by atoms with Gasteiger partial charge in [0.25, 0.3) is 0 Å². The number of benzene rings is 2. The van der Waals surface area contributed by atoms with Crippen LogP contribution < -0.4 is 9.64 Å². The molecule has 1 spiro atoms. The van der Waals surface area contributed by atoms with Crippen LogP contribution in [0.2, 0.25) is 0 Å². The fourth-order valence-corrected chi connectivity index (χ4v) is 7.45. The standard InChI is InChI=1S/C38H40N8O3/c1-25(2)49-33-11-9-30(20-39-33)35-32-18-31(10-8-29(32)19-40-35)46-17-14-38(37(46)48)22-44(23-38)21-34(47)45-15-12-27(13-16-45)26-4-6-28(7-5-26)36-41-24-43(3)42-36/h4-12,18,20,24-25H,13-17,19,21-23H2,1-3H3. The van der Waals surface area contributed by atoms with Crippen LogP contribution >= 0.6 is 0 Å². The third-order valence-electron chi connectivity index (χ3n) is 10.0. The molecule has 8 rings (SSSR count). The predicted octanol–water partition coefficient (Wildman–Crippen LogP) is 4.37. The number of pyridine rings is 1. The molecule has 0 aliphatic carbocycles. The van der Waals surface area contributed by atoms with Gasteiger partial charge >= 0.3 is 0 Å². The summed E-state index contributed by atoms with van der Waals surface area (Å²) >= 11 is 0. The van der Waals surface area contributed by atoms with Crippen molar-refractivity contribution in [1.82, 2.24) is 29.5 Å². The topological polar surface area (TPSA) is 109 Å². The average molecular weight is 657 g/mol. The minimum atomic E-state index is -0.418. The van der Waals surface area contributed by atoms with E-state index < -0.39 is 5.41 Å². The number of carbonyl (C=O) groups excluding carboxylic acids is 2. The highest BCUT2D eigenvalue weighted by Gasteiger charge is 2.55. The van der Waals surface area contributed by atoms with Gasteiger partial charge < -0.3 is 14.5 Å². The molecule has 11 nitrogen and oxygen atoms in total. The Kier molecular flexibility index (Phi) is 7.86. The maximum atomic E-state index is 13.8. The number of amides is 2. The number of rotatable bonds is 8. The molecule has 2 fully saturated rings. The van der Waals surface area contributed by atoms with Gasteiger partial charge in [-0.25, -0.2) is 9.97 Å². The van der Waals surface area contributed by atoms with Crippen LogP contribution in [0.1, 0.15) is 48.9 Å². The summed E-state index contributed by atoms with van der Waals surface area (Å²) in [6.45, 7) is 8.11. The number of likely N-dealkylation sites (tertiary alicyclic amines) is 1. The lowest BCUT2D eigenvalue weighted by atomic mass is 9.78. The molecule has 11 heteroatoms. The van der Waals surface area contributed by atoms with Gasteiger partial charge in [0.05, 0.1) is 30.3 Å². The number of carbonyl (C=O) groups is 2. The van der Waals surface area contributed by atoms with Crippen LogP contribution in [0.15, 0.2) is 78.2 Å². The summed E-state index contributed by atoms with van der Waals surface area (Å²) in [4.78, 5) is 46.7. The lowest BCUT2D eigenvalue weighted by molar-refractivity contribution is -0.142. The monoisotopic (exact) mass is 656 g/mol. The molecule has 0 bridgehead atoms. The van der Waals surface area contributed by atoms with Gasteiger partial charge in [-0.05, 0) is 61.6 Å². The Morgan fingerprint density at radius 2 is 1.78 bits per heavy atom. The summed E-state index contributed by atoms with van der Waals surface area (Å²) in [7, 11) is 1.86. The highest BCUT2D eigenvalue weighted by Crippen LogP contribution is 2.43. The highest BCUT2D eigenvalue weighted by atomic mass is 16.5. The average Bonchev–Trinajstić information content (AvgIpc) is 3.82. The van der Waals surface area contributed by atoms with Crippen molar-refractivity contribution in [3.05, 3.63) is 95.5 Å². The van der Waals surface area contributed by atoms with E-state index in [2.05, 4.69) is 50.3 Å². The number of aromatic nitrogens is 4. The van der Waals surface area contributed by atoms with Crippen LogP contribution in [-0.2, 0) is 23.2 Å². The zero-order chi connectivity index (χ0) is 33.7. The van der Waals surface area contributed by atoms with Crippen LogP contribution in [0.4, 0.5) is 5.69 Å². The van der Waals surface area contributed by atoms with Crippen molar-refractivity contribution < 1.29 is 14.3 Å². The Morgan fingerprint density at radius 1 is 0.980 bits per heavy atom. The molecule has 0 atom stereocenters. The van der Waals surface area contributed by atoms with E-state index in [-0.39, 0.29) is 17.9 Å². The number of aryl methyl sites for hydroxylation is 1. The summed E-state index contributed by atoms with van der Waals surface area (Å²) in [6.07, 6.45) is 7.32. The summed E-state index contributed by atoms with van der Waals surface area (Å²) in [5, 5.41) is 4.38. The fraction of sp³-hybridized carbons (Fsp3) is 0.368. The second-order valence-electron chi connectivity index (χ2n) is 13.8. The molecule has 0 radical (unpaired) electrons. The number of hydrogen-bond acceptors (Lipinski definition) is 8.